The van der Waals surface area contributed by atoms with E-state index >= 15 is 0 Å². The summed E-state index contributed by atoms with van der Waals surface area (Å²) < 4.78 is 38.4. The largest absolute Gasteiger partial charge is 0.416 e. The molecule has 0 aliphatic rings. The maximum absolute atomic E-state index is 12.8. The fraction of sp³-hybridized carbons (Fsp3) is 0.250. The van der Waals surface area contributed by atoms with Crippen LogP contribution in [0.4, 0.5) is 13.2 Å². The molecule has 7 heteroatoms. The summed E-state index contributed by atoms with van der Waals surface area (Å²) in [5.74, 6) is 0. The van der Waals surface area contributed by atoms with Crippen LogP contribution < -0.4 is 5.73 Å². The van der Waals surface area contributed by atoms with Crippen molar-refractivity contribution in [2.45, 2.75) is 24.7 Å². The normalized spacial score (nSPS) is 14.0. The van der Waals surface area contributed by atoms with Crippen LogP contribution in [0.3, 0.4) is 0 Å². The molecule has 2 aromatic carbocycles. The topological polar surface area (TPSA) is 46.2 Å². The monoisotopic (exact) mass is 365 g/mol. The molecule has 2 aromatic rings. The first kappa shape index (κ1) is 19.8. The van der Waals surface area contributed by atoms with E-state index < -0.39 is 23.9 Å². The van der Waals surface area contributed by atoms with Gasteiger partial charge in [0.05, 0.1) is 17.7 Å². The van der Waals surface area contributed by atoms with Gasteiger partial charge in [0.1, 0.15) is 0 Å². The Morgan fingerprint density at radius 2 is 1.70 bits per heavy atom. The van der Waals surface area contributed by atoms with Crippen LogP contribution in [0.5, 0.6) is 0 Å². The average molecular weight is 366 g/mol. The first-order chi connectivity index (χ1) is 10.3. The van der Waals surface area contributed by atoms with E-state index in [9.17, 15) is 18.3 Å². The van der Waals surface area contributed by atoms with Crippen LogP contribution in [0.25, 0.3) is 0 Å². The van der Waals surface area contributed by atoms with Crippen LogP contribution in [0.2, 0.25) is 5.02 Å². The minimum absolute atomic E-state index is 0. The minimum atomic E-state index is -4.51. The lowest BCUT2D eigenvalue weighted by molar-refractivity contribution is -0.137. The molecule has 0 aromatic heterocycles. The number of aliphatic hydroxyl groups is 1. The molecular weight excluding hydrogens is 350 g/mol. The van der Waals surface area contributed by atoms with E-state index in [-0.39, 0.29) is 29.4 Å². The van der Waals surface area contributed by atoms with Crippen LogP contribution in [0.15, 0.2) is 48.5 Å². The quantitative estimate of drug-likeness (QED) is 0.844. The minimum Gasteiger partial charge on any atom is -0.391 e. The Morgan fingerprint density at radius 3 is 2.26 bits per heavy atom. The van der Waals surface area contributed by atoms with Crippen LogP contribution in [-0.2, 0) is 12.6 Å². The molecular formula is C16H16Cl2F3NO. The van der Waals surface area contributed by atoms with Crippen molar-refractivity contribution < 1.29 is 18.3 Å². The predicted molar refractivity (Wildman–Crippen MR) is 86.8 cm³/mol. The Hall–Kier alpha value is -1.27. The van der Waals surface area contributed by atoms with Crippen molar-refractivity contribution in [2.75, 3.05) is 0 Å². The first-order valence-electron chi connectivity index (χ1n) is 6.62. The first-order valence-corrected chi connectivity index (χ1v) is 7.00. The van der Waals surface area contributed by atoms with Crippen molar-refractivity contribution in [2.24, 2.45) is 5.73 Å². The van der Waals surface area contributed by atoms with E-state index in [2.05, 4.69) is 0 Å². The van der Waals surface area contributed by atoms with Gasteiger partial charge in [-0.1, -0.05) is 41.9 Å². The van der Waals surface area contributed by atoms with Gasteiger partial charge in [-0.15, -0.1) is 12.4 Å². The van der Waals surface area contributed by atoms with Gasteiger partial charge < -0.3 is 10.8 Å². The summed E-state index contributed by atoms with van der Waals surface area (Å²) >= 11 is 5.73. The lowest BCUT2D eigenvalue weighted by Crippen LogP contribution is -2.28. The Labute approximate surface area is 143 Å². The van der Waals surface area contributed by atoms with Crippen LogP contribution in [-0.4, -0.2) is 11.2 Å². The highest BCUT2D eigenvalue weighted by molar-refractivity contribution is 6.30. The number of hydrogen-bond acceptors (Lipinski definition) is 2. The zero-order valence-corrected chi connectivity index (χ0v) is 13.5. The number of hydrogen-bond donors (Lipinski definition) is 2. The van der Waals surface area contributed by atoms with E-state index in [1.54, 1.807) is 0 Å². The lowest BCUT2D eigenvalue weighted by atomic mass is 9.95. The molecule has 0 spiro atoms. The van der Waals surface area contributed by atoms with Gasteiger partial charge >= 0.3 is 6.18 Å². The Kier molecular flexibility index (Phi) is 6.89. The van der Waals surface area contributed by atoms with E-state index in [0.717, 1.165) is 17.7 Å². The molecule has 0 radical (unpaired) electrons. The van der Waals surface area contributed by atoms with E-state index in [0.29, 0.717) is 0 Å². The number of nitrogens with two attached hydrogens (primary N) is 1. The lowest BCUT2D eigenvalue weighted by Gasteiger charge is -2.21. The van der Waals surface area contributed by atoms with Gasteiger partial charge in [0, 0.05) is 11.4 Å². The molecule has 0 heterocycles. The highest BCUT2D eigenvalue weighted by atomic mass is 35.5. The third kappa shape index (κ3) is 5.39. The SMILES string of the molecule is Cl.N[C@@H](c1cc(Cl)cc(C(F)(F)F)c1)[C@H](O)Cc1ccccc1. The summed E-state index contributed by atoms with van der Waals surface area (Å²) in [4.78, 5) is 0. The number of rotatable bonds is 4. The molecule has 2 nitrogen and oxygen atoms in total. The fourth-order valence-corrected chi connectivity index (χ4v) is 2.42. The molecule has 0 aliphatic carbocycles. The van der Waals surface area contributed by atoms with E-state index in [4.69, 9.17) is 17.3 Å². The molecule has 126 valence electrons. The second kappa shape index (κ2) is 8.02. The molecule has 23 heavy (non-hydrogen) atoms. The maximum Gasteiger partial charge on any atom is 0.416 e. The molecule has 0 bridgehead atoms. The van der Waals surface area contributed by atoms with Gasteiger partial charge in [0.2, 0.25) is 0 Å². The van der Waals surface area contributed by atoms with Crippen molar-refractivity contribution in [1.82, 2.24) is 0 Å². The van der Waals surface area contributed by atoms with Gasteiger partial charge in [-0.25, -0.2) is 0 Å². The zero-order valence-electron chi connectivity index (χ0n) is 11.9. The summed E-state index contributed by atoms with van der Waals surface area (Å²) in [5, 5.41) is 10.1. The van der Waals surface area contributed by atoms with Crippen molar-refractivity contribution in [3.8, 4) is 0 Å². The molecule has 3 N–H and O–H groups in total. The van der Waals surface area contributed by atoms with Crippen LogP contribution in [0.1, 0.15) is 22.7 Å². The average Bonchev–Trinajstić information content (AvgIpc) is 2.46. The summed E-state index contributed by atoms with van der Waals surface area (Å²) in [6.45, 7) is 0. The maximum atomic E-state index is 12.8. The van der Waals surface area contributed by atoms with Gasteiger partial charge in [-0.3, -0.25) is 0 Å². The van der Waals surface area contributed by atoms with E-state index in [1.165, 1.54) is 6.07 Å². The molecule has 2 rings (SSSR count). The number of alkyl halides is 3. The molecule has 0 saturated carbocycles. The molecule has 0 saturated heterocycles. The standard InChI is InChI=1S/C16H15ClF3NO.ClH/c17-13-8-11(7-12(9-13)16(18,19)20)15(21)14(22)6-10-4-2-1-3-5-10;/h1-5,7-9,14-15,22H,6,21H2;1H/t14-,15+;/m1./s1. The molecule has 0 aliphatic heterocycles. The summed E-state index contributed by atoms with van der Waals surface area (Å²) in [5.41, 5.74) is 6.02. The summed E-state index contributed by atoms with van der Waals surface area (Å²) in [6.07, 6.45) is -5.28. The van der Waals surface area contributed by atoms with Crippen LogP contribution in [0, 0.1) is 0 Å². The predicted octanol–water partition coefficient (Wildman–Crippen LogP) is 4.38. The molecule has 2 atom stereocenters. The summed E-state index contributed by atoms with van der Waals surface area (Å²) in [6, 6.07) is 11.2. The fourth-order valence-electron chi connectivity index (χ4n) is 2.17. The van der Waals surface area contributed by atoms with Gasteiger partial charge in [0.15, 0.2) is 0 Å². The zero-order chi connectivity index (χ0) is 16.3. The van der Waals surface area contributed by atoms with Gasteiger partial charge in [-0.05, 0) is 29.3 Å². The number of benzene rings is 2. The van der Waals surface area contributed by atoms with Crippen LogP contribution >= 0.6 is 24.0 Å². The Morgan fingerprint density at radius 1 is 1.09 bits per heavy atom. The summed E-state index contributed by atoms with van der Waals surface area (Å²) in [7, 11) is 0. The Bertz CT molecular complexity index is 635. The van der Waals surface area contributed by atoms with Gasteiger partial charge in [0.25, 0.3) is 0 Å². The third-order valence-corrected chi connectivity index (χ3v) is 3.55. The van der Waals surface area contributed by atoms with Crippen molar-refractivity contribution in [3.63, 3.8) is 0 Å². The van der Waals surface area contributed by atoms with E-state index in [1.807, 2.05) is 30.3 Å². The van der Waals surface area contributed by atoms with Crippen molar-refractivity contribution >= 4 is 24.0 Å². The third-order valence-electron chi connectivity index (χ3n) is 3.33. The molecule has 0 unspecified atom stereocenters. The van der Waals surface area contributed by atoms with Crippen molar-refractivity contribution in [1.29, 1.82) is 0 Å². The smallest absolute Gasteiger partial charge is 0.391 e. The highest BCUT2D eigenvalue weighted by Crippen LogP contribution is 2.33. The second-order valence-electron chi connectivity index (χ2n) is 5.05. The molecule has 0 amide bonds. The molecule has 0 fully saturated rings. The number of aliphatic hydroxyl groups excluding tert-OH is 1. The van der Waals surface area contributed by atoms with Gasteiger partial charge in [-0.2, -0.15) is 13.2 Å². The second-order valence-corrected chi connectivity index (χ2v) is 5.49. The van der Waals surface area contributed by atoms with Crippen molar-refractivity contribution in [3.05, 3.63) is 70.2 Å². The number of halogens is 5. The Balaban J connectivity index is 0.00000264. The highest BCUT2D eigenvalue weighted by Gasteiger charge is 2.32.